The number of carbonyl (C=O) groups excluding carboxylic acids is 1. The highest BCUT2D eigenvalue weighted by molar-refractivity contribution is 6.32. The molecule has 0 saturated heterocycles. The summed E-state index contributed by atoms with van der Waals surface area (Å²) in [6, 6.07) is 10.2. The molecule has 0 radical (unpaired) electrons. The lowest BCUT2D eigenvalue weighted by Crippen LogP contribution is -2.20. The highest BCUT2D eigenvalue weighted by Crippen LogP contribution is 2.36. The van der Waals surface area contributed by atoms with Gasteiger partial charge in [0.2, 0.25) is 0 Å². The predicted octanol–water partition coefficient (Wildman–Crippen LogP) is 3.11. The molecule has 3 N–H and O–H groups in total. The largest absolute Gasteiger partial charge is 0.493 e. The number of benzene rings is 2. The minimum Gasteiger partial charge on any atom is -0.493 e. The summed E-state index contributed by atoms with van der Waals surface area (Å²) in [5.74, 6) is -0.111. The van der Waals surface area contributed by atoms with Crippen LogP contribution in [-0.2, 0) is 17.8 Å². The van der Waals surface area contributed by atoms with Crippen molar-refractivity contribution in [2.24, 2.45) is 5.73 Å². The Morgan fingerprint density at radius 2 is 2.04 bits per heavy atom. The number of hydrogen-bond acceptors (Lipinski definition) is 4. The zero-order valence-corrected chi connectivity index (χ0v) is 15.8. The van der Waals surface area contributed by atoms with E-state index in [-0.39, 0.29) is 30.6 Å². The summed E-state index contributed by atoms with van der Waals surface area (Å²) in [6.45, 7) is 0.859. The maximum Gasteiger partial charge on any atom is 0.255 e. The van der Waals surface area contributed by atoms with Gasteiger partial charge in [0.25, 0.3) is 5.91 Å². The van der Waals surface area contributed by atoms with Gasteiger partial charge in [-0.2, -0.15) is 0 Å². The monoisotopic (exact) mass is 402 g/mol. The standard InChI is InChI=1S/C18H20ClFN2O3.ClH/c1-24-16-9-12(8-14(19)18(16)25-11-17(21)23)10-22-7-6-13-4-2-3-5-15(13)20;/h2-5,8-9,22H,6-7,10-11H2,1H3,(H2,21,23);1H. The smallest absolute Gasteiger partial charge is 0.255 e. The topological polar surface area (TPSA) is 73.6 Å². The van der Waals surface area contributed by atoms with Crippen molar-refractivity contribution in [3.63, 3.8) is 0 Å². The number of primary amides is 1. The molecule has 2 aromatic carbocycles. The van der Waals surface area contributed by atoms with Crippen LogP contribution in [0.15, 0.2) is 36.4 Å². The number of methoxy groups -OCH3 is 1. The molecule has 0 heterocycles. The van der Waals surface area contributed by atoms with E-state index in [9.17, 15) is 9.18 Å². The van der Waals surface area contributed by atoms with E-state index in [1.54, 1.807) is 24.3 Å². The molecule has 0 aliphatic heterocycles. The molecule has 0 aliphatic rings. The summed E-state index contributed by atoms with van der Waals surface area (Å²) in [6.07, 6.45) is 0.581. The van der Waals surface area contributed by atoms with Gasteiger partial charge in [0.05, 0.1) is 12.1 Å². The van der Waals surface area contributed by atoms with E-state index in [2.05, 4.69) is 5.32 Å². The first-order valence-corrected chi connectivity index (χ1v) is 8.10. The molecular weight excluding hydrogens is 382 g/mol. The average Bonchev–Trinajstić information content (AvgIpc) is 2.58. The number of carbonyl (C=O) groups is 1. The van der Waals surface area contributed by atoms with Crippen LogP contribution in [-0.4, -0.2) is 26.2 Å². The second-order valence-corrected chi connectivity index (χ2v) is 5.79. The van der Waals surface area contributed by atoms with Crippen molar-refractivity contribution in [1.29, 1.82) is 0 Å². The summed E-state index contributed by atoms with van der Waals surface area (Å²) in [7, 11) is 1.48. The molecule has 5 nitrogen and oxygen atoms in total. The van der Waals surface area contributed by atoms with E-state index >= 15 is 0 Å². The third-order valence-corrected chi connectivity index (χ3v) is 3.79. The predicted molar refractivity (Wildman–Crippen MR) is 102 cm³/mol. The second kappa shape index (κ2) is 10.9. The molecule has 0 saturated carbocycles. The average molecular weight is 403 g/mol. The van der Waals surface area contributed by atoms with Gasteiger partial charge in [-0.25, -0.2) is 4.39 Å². The van der Waals surface area contributed by atoms with Gasteiger partial charge >= 0.3 is 0 Å². The molecule has 0 aromatic heterocycles. The van der Waals surface area contributed by atoms with E-state index in [1.807, 2.05) is 6.07 Å². The highest BCUT2D eigenvalue weighted by atomic mass is 35.5. The zero-order chi connectivity index (χ0) is 18.2. The number of amides is 1. The normalized spacial score (nSPS) is 10.1. The van der Waals surface area contributed by atoms with Crippen molar-refractivity contribution in [3.8, 4) is 11.5 Å². The highest BCUT2D eigenvalue weighted by Gasteiger charge is 2.13. The van der Waals surface area contributed by atoms with E-state index in [0.29, 0.717) is 35.8 Å². The van der Waals surface area contributed by atoms with Gasteiger partial charge in [-0.05, 0) is 42.3 Å². The van der Waals surface area contributed by atoms with Crippen LogP contribution in [0, 0.1) is 5.82 Å². The summed E-state index contributed by atoms with van der Waals surface area (Å²) in [5, 5.41) is 3.56. The number of rotatable bonds is 9. The fourth-order valence-electron chi connectivity index (χ4n) is 2.32. The fourth-order valence-corrected chi connectivity index (χ4v) is 2.60. The van der Waals surface area contributed by atoms with Gasteiger partial charge in [0, 0.05) is 6.54 Å². The van der Waals surface area contributed by atoms with Crippen LogP contribution in [0.2, 0.25) is 5.02 Å². The van der Waals surface area contributed by atoms with Crippen molar-refractivity contribution < 1.29 is 18.7 Å². The van der Waals surface area contributed by atoms with Crippen LogP contribution >= 0.6 is 24.0 Å². The minimum absolute atomic E-state index is 0. The lowest BCUT2D eigenvalue weighted by atomic mass is 10.1. The van der Waals surface area contributed by atoms with Gasteiger partial charge in [-0.3, -0.25) is 4.79 Å². The lowest BCUT2D eigenvalue weighted by Gasteiger charge is -2.14. The van der Waals surface area contributed by atoms with Crippen molar-refractivity contribution in [3.05, 3.63) is 58.4 Å². The molecule has 0 fully saturated rings. The van der Waals surface area contributed by atoms with Crippen LogP contribution in [0.5, 0.6) is 11.5 Å². The summed E-state index contributed by atoms with van der Waals surface area (Å²) in [4.78, 5) is 10.8. The zero-order valence-electron chi connectivity index (χ0n) is 14.3. The molecule has 0 atom stereocenters. The molecule has 0 aliphatic carbocycles. The van der Waals surface area contributed by atoms with Crippen LogP contribution < -0.4 is 20.5 Å². The van der Waals surface area contributed by atoms with Crippen LogP contribution in [0.4, 0.5) is 4.39 Å². The SMILES string of the molecule is COc1cc(CNCCc2ccccc2F)cc(Cl)c1OCC(N)=O.Cl. The fraction of sp³-hybridized carbons (Fsp3) is 0.278. The molecule has 1 amide bonds. The minimum atomic E-state index is -0.600. The number of ether oxygens (including phenoxy) is 2. The number of hydrogen-bond donors (Lipinski definition) is 2. The third-order valence-electron chi connectivity index (χ3n) is 3.51. The Hall–Kier alpha value is -2.02. The van der Waals surface area contributed by atoms with E-state index in [1.165, 1.54) is 13.2 Å². The molecule has 8 heteroatoms. The Bertz CT molecular complexity index is 744. The van der Waals surface area contributed by atoms with Crippen LogP contribution in [0.1, 0.15) is 11.1 Å². The Labute approximate surface area is 163 Å². The van der Waals surface area contributed by atoms with Crippen LogP contribution in [0.25, 0.3) is 0 Å². The van der Waals surface area contributed by atoms with Crippen molar-refractivity contribution in [1.82, 2.24) is 5.32 Å². The van der Waals surface area contributed by atoms with Gasteiger partial charge in [-0.1, -0.05) is 29.8 Å². The first kappa shape index (κ1) is 22.0. The molecule has 26 heavy (non-hydrogen) atoms. The Morgan fingerprint density at radius 3 is 2.69 bits per heavy atom. The van der Waals surface area contributed by atoms with Crippen molar-refractivity contribution in [2.45, 2.75) is 13.0 Å². The van der Waals surface area contributed by atoms with E-state index in [0.717, 1.165) is 5.56 Å². The summed E-state index contributed by atoms with van der Waals surface area (Å²) >= 11 is 6.19. The molecule has 0 bridgehead atoms. The van der Waals surface area contributed by atoms with Gasteiger partial charge in [0.1, 0.15) is 5.82 Å². The summed E-state index contributed by atoms with van der Waals surface area (Å²) in [5.41, 5.74) is 6.61. The van der Waals surface area contributed by atoms with Gasteiger partial charge < -0.3 is 20.5 Å². The Morgan fingerprint density at radius 1 is 1.31 bits per heavy atom. The Kier molecular flexibility index (Phi) is 9.19. The number of nitrogens with one attached hydrogen (secondary N) is 1. The summed E-state index contributed by atoms with van der Waals surface area (Å²) < 4.78 is 24.1. The molecule has 2 aromatic rings. The third kappa shape index (κ3) is 6.37. The van der Waals surface area contributed by atoms with Gasteiger partial charge in [0.15, 0.2) is 18.1 Å². The molecular formula is C18H21Cl2FN2O3. The molecule has 0 unspecified atom stereocenters. The maximum atomic E-state index is 13.6. The molecule has 142 valence electrons. The quantitative estimate of drug-likeness (QED) is 0.632. The first-order valence-electron chi connectivity index (χ1n) is 7.73. The van der Waals surface area contributed by atoms with Crippen molar-refractivity contribution >= 4 is 29.9 Å². The number of halogens is 3. The Balaban J connectivity index is 0.00000338. The van der Waals surface area contributed by atoms with Gasteiger partial charge in [-0.15, -0.1) is 12.4 Å². The van der Waals surface area contributed by atoms with E-state index in [4.69, 9.17) is 26.8 Å². The molecule has 0 spiro atoms. The number of nitrogens with two attached hydrogens (primary N) is 1. The molecule has 2 rings (SSSR count). The second-order valence-electron chi connectivity index (χ2n) is 5.38. The maximum absolute atomic E-state index is 13.6. The lowest BCUT2D eigenvalue weighted by molar-refractivity contribution is -0.119. The van der Waals surface area contributed by atoms with Crippen molar-refractivity contribution in [2.75, 3.05) is 20.3 Å². The first-order chi connectivity index (χ1) is 12.0. The van der Waals surface area contributed by atoms with Crippen LogP contribution in [0.3, 0.4) is 0 Å². The van der Waals surface area contributed by atoms with E-state index < -0.39 is 5.91 Å².